The van der Waals surface area contributed by atoms with Crippen molar-refractivity contribution in [2.24, 2.45) is 0 Å². The SMILES string of the molecule is CC[C@]1(C)NC(=O)[C@H](CCCCCC(=O)C(C)O)NC(=O)[C@H]2CCCN2C(=O)[C@H](Cc2ccc(OC)cc2)NC1=O.S. The quantitative estimate of drug-likeness (QED) is 0.279. The van der Waals surface area contributed by atoms with Crippen molar-refractivity contribution < 1.29 is 33.8 Å². The van der Waals surface area contributed by atoms with Crippen LogP contribution in [-0.4, -0.2) is 82.8 Å². The van der Waals surface area contributed by atoms with Crippen molar-refractivity contribution in [2.75, 3.05) is 13.7 Å². The number of aliphatic hydroxyl groups excluding tert-OH is 1. The van der Waals surface area contributed by atoms with E-state index in [1.54, 1.807) is 33.1 Å². The molecule has 3 rings (SSSR count). The van der Waals surface area contributed by atoms with Crippen LogP contribution in [0.4, 0.5) is 0 Å². The summed E-state index contributed by atoms with van der Waals surface area (Å²) in [6.07, 6.45) is 2.86. The summed E-state index contributed by atoms with van der Waals surface area (Å²) in [4.78, 5) is 67.5. The molecule has 4 amide bonds. The van der Waals surface area contributed by atoms with E-state index in [1.165, 1.54) is 11.8 Å². The van der Waals surface area contributed by atoms with Crippen LogP contribution in [0.5, 0.6) is 5.75 Å². The number of unbranched alkanes of at least 4 members (excludes halogenated alkanes) is 2. The number of nitrogens with zero attached hydrogens (tertiary/aromatic N) is 1. The molecule has 0 aromatic heterocycles. The summed E-state index contributed by atoms with van der Waals surface area (Å²) < 4.78 is 5.22. The number of ether oxygens (including phenoxy) is 1. The molecule has 2 fully saturated rings. The average molecular weight is 607 g/mol. The standard InChI is InChI=1S/C30H44N4O7.H2S/c1-5-30(3)29(40)32-23(18-20-13-15-21(41-4)16-14-20)28(39)34-17-9-11-24(34)27(38)31-22(26(37)33-30)10-7-6-8-12-25(36)19(2)35;/h13-16,19,22-24,35H,5-12,17-18H2,1-4H3,(H,31,38)(H,32,40)(H,33,37);1H2/t19?,22-,23-,24+,30-;/m0./s1. The number of carbonyl (C=O) groups is 5. The topological polar surface area (TPSA) is 154 Å². The van der Waals surface area contributed by atoms with Crippen LogP contribution in [0.3, 0.4) is 0 Å². The Hall–Kier alpha value is -3.12. The number of hydrogen-bond donors (Lipinski definition) is 4. The number of nitrogens with one attached hydrogen (secondary N) is 3. The average Bonchev–Trinajstić information content (AvgIpc) is 3.45. The molecule has 11 nitrogen and oxygen atoms in total. The van der Waals surface area contributed by atoms with Gasteiger partial charge in [0.25, 0.3) is 0 Å². The van der Waals surface area contributed by atoms with Crippen LogP contribution in [0.15, 0.2) is 24.3 Å². The first-order chi connectivity index (χ1) is 19.5. The van der Waals surface area contributed by atoms with Crippen molar-refractivity contribution in [3.8, 4) is 5.75 Å². The predicted molar refractivity (Wildman–Crippen MR) is 162 cm³/mol. The van der Waals surface area contributed by atoms with Gasteiger partial charge in [-0.25, -0.2) is 0 Å². The molecule has 0 bridgehead atoms. The molecular weight excluding hydrogens is 560 g/mol. The zero-order chi connectivity index (χ0) is 30.2. The Kier molecular flexibility index (Phi) is 13.3. The second-order valence-electron chi connectivity index (χ2n) is 11.2. The van der Waals surface area contributed by atoms with Crippen LogP contribution in [0.25, 0.3) is 0 Å². The Balaban J connectivity index is 0.00000616. The highest BCUT2D eigenvalue weighted by Gasteiger charge is 2.43. The van der Waals surface area contributed by atoms with Gasteiger partial charge in [-0.1, -0.05) is 31.9 Å². The Morgan fingerprint density at radius 3 is 2.38 bits per heavy atom. The third kappa shape index (κ3) is 8.94. The molecule has 1 aromatic carbocycles. The van der Waals surface area contributed by atoms with Gasteiger partial charge < -0.3 is 30.7 Å². The summed E-state index contributed by atoms with van der Waals surface area (Å²) in [6.45, 7) is 5.20. The molecule has 0 saturated carbocycles. The van der Waals surface area contributed by atoms with Gasteiger partial charge in [0.05, 0.1) is 7.11 Å². The third-order valence-electron chi connectivity index (χ3n) is 8.16. The molecule has 2 heterocycles. The molecule has 42 heavy (non-hydrogen) atoms. The molecule has 2 aliphatic heterocycles. The van der Waals surface area contributed by atoms with Gasteiger partial charge in [0.2, 0.25) is 23.6 Å². The van der Waals surface area contributed by atoms with Gasteiger partial charge in [-0.15, -0.1) is 0 Å². The van der Waals surface area contributed by atoms with E-state index in [0.717, 1.165) is 5.56 Å². The minimum atomic E-state index is -1.31. The maximum Gasteiger partial charge on any atom is 0.246 e. The van der Waals surface area contributed by atoms with Crippen LogP contribution in [0.1, 0.15) is 77.7 Å². The van der Waals surface area contributed by atoms with Crippen molar-refractivity contribution in [3.63, 3.8) is 0 Å². The van der Waals surface area contributed by atoms with E-state index in [2.05, 4.69) is 16.0 Å². The van der Waals surface area contributed by atoms with Gasteiger partial charge in [0.15, 0.2) is 5.78 Å². The molecule has 0 radical (unpaired) electrons. The normalized spacial score (nSPS) is 25.5. The number of Topliss-reactive ketones (excluding diaryl/α,β-unsaturated/α-hetero) is 1. The lowest BCUT2D eigenvalue weighted by Crippen LogP contribution is -2.65. The minimum Gasteiger partial charge on any atom is -0.497 e. The number of aliphatic hydroxyl groups is 1. The Morgan fingerprint density at radius 2 is 1.76 bits per heavy atom. The summed E-state index contributed by atoms with van der Waals surface area (Å²) in [6, 6.07) is 4.65. The third-order valence-corrected chi connectivity index (χ3v) is 8.16. The van der Waals surface area contributed by atoms with E-state index in [-0.39, 0.29) is 44.4 Å². The molecule has 12 heteroatoms. The summed E-state index contributed by atoms with van der Waals surface area (Å²) in [5.41, 5.74) is -0.500. The highest BCUT2D eigenvalue weighted by Crippen LogP contribution is 2.23. The molecule has 1 aromatic rings. The van der Waals surface area contributed by atoms with Crippen LogP contribution in [0.2, 0.25) is 0 Å². The number of fused-ring (bicyclic) bond motifs is 1. The molecule has 0 aliphatic carbocycles. The lowest BCUT2D eigenvalue weighted by molar-refractivity contribution is -0.144. The molecule has 0 spiro atoms. The fourth-order valence-corrected chi connectivity index (χ4v) is 5.25. The second kappa shape index (κ2) is 15.9. The van der Waals surface area contributed by atoms with Gasteiger partial charge in [0, 0.05) is 19.4 Å². The van der Waals surface area contributed by atoms with Crippen molar-refractivity contribution in [1.82, 2.24) is 20.9 Å². The van der Waals surface area contributed by atoms with Gasteiger partial charge in [-0.3, -0.25) is 24.0 Å². The van der Waals surface area contributed by atoms with E-state index in [9.17, 15) is 29.1 Å². The summed E-state index contributed by atoms with van der Waals surface area (Å²) in [5.74, 6) is -1.24. The van der Waals surface area contributed by atoms with E-state index < -0.39 is 47.5 Å². The van der Waals surface area contributed by atoms with E-state index in [0.29, 0.717) is 50.8 Å². The van der Waals surface area contributed by atoms with E-state index in [1.807, 2.05) is 12.1 Å². The maximum absolute atomic E-state index is 13.8. The van der Waals surface area contributed by atoms with Crippen molar-refractivity contribution >= 4 is 42.9 Å². The van der Waals surface area contributed by atoms with Crippen molar-refractivity contribution in [2.45, 2.75) is 108 Å². The highest BCUT2D eigenvalue weighted by atomic mass is 32.1. The Labute approximate surface area is 254 Å². The second-order valence-corrected chi connectivity index (χ2v) is 11.2. The van der Waals surface area contributed by atoms with Crippen LogP contribution in [-0.2, 0) is 30.4 Å². The van der Waals surface area contributed by atoms with Crippen molar-refractivity contribution in [3.05, 3.63) is 29.8 Å². The van der Waals surface area contributed by atoms with E-state index in [4.69, 9.17) is 4.74 Å². The van der Waals surface area contributed by atoms with Crippen LogP contribution < -0.4 is 20.7 Å². The summed E-state index contributed by atoms with van der Waals surface area (Å²) >= 11 is 0. The zero-order valence-corrected chi connectivity index (χ0v) is 26.0. The number of rotatable bonds is 11. The summed E-state index contributed by atoms with van der Waals surface area (Å²) in [5, 5.41) is 17.9. The molecule has 5 atom stereocenters. The van der Waals surface area contributed by atoms with Gasteiger partial charge in [-0.2, -0.15) is 13.5 Å². The molecule has 2 aliphatic rings. The number of methoxy groups -OCH3 is 1. The first kappa shape index (κ1) is 35.1. The van der Waals surface area contributed by atoms with E-state index >= 15 is 0 Å². The maximum atomic E-state index is 13.8. The monoisotopic (exact) mass is 606 g/mol. The molecule has 2 saturated heterocycles. The fraction of sp³-hybridized carbons (Fsp3) is 0.633. The van der Waals surface area contributed by atoms with Crippen molar-refractivity contribution in [1.29, 1.82) is 0 Å². The predicted octanol–water partition coefficient (Wildman–Crippen LogP) is 1.51. The highest BCUT2D eigenvalue weighted by molar-refractivity contribution is 7.59. The van der Waals surface area contributed by atoms with Gasteiger partial charge in [-0.05, 0) is 63.6 Å². The van der Waals surface area contributed by atoms with Crippen LogP contribution >= 0.6 is 13.5 Å². The minimum absolute atomic E-state index is 0. The molecule has 1 unspecified atom stereocenters. The number of carbonyl (C=O) groups excluding carboxylic acids is 5. The lowest BCUT2D eigenvalue weighted by Gasteiger charge is -2.36. The molecule has 234 valence electrons. The number of amides is 4. The molecule has 4 N–H and O–H groups in total. The Bertz CT molecular complexity index is 1110. The lowest BCUT2D eigenvalue weighted by atomic mass is 9.94. The number of hydrogen-bond acceptors (Lipinski definition) is 7. The van der Waals surface area contributed by atoms with Gasteiger partial charge >= 0.3 is 0 Å². The fourth-order valence-electron chi connectivity index (χ4n) is 5.25. The smallest absolute Gasteiger partial charge is 0.246 e. The number of benzene rings is 1. The number of ketones is 1. The van der Waals surface area contributed by atoms with Crippen LogP contribution in [0, 0.1) is 0 Å². The summed E-state index contributed by atoms with van der Waals surface area (Å²) in [7, 11) is 1.57. The first-order valence-corrected chi connectivity index (χ1v) is 14.6. The van der Waals surface area contributed by atoms with Gasteiger partial charge in [0.1, 0.15) is 35.5 Å². The molecular formula is C30H46N4O7S. The Morgan fingerprint density at radius 1 is 1.07 bits per heavy atom. The zero-order valence-electron chi connectivity index (χ0n) is 25.0. The first-order valence-electron chi connectivity index (χ1n) is 14.6. The largest absolute Gasteiger partial charge is 0.497 e.